The Kier molecular flexibility index (Phi) is 4.49. The predicted octanol–water partition coefficient (Wildman–Crippen LogP) is 2.21. The van der Waals surface area contributed by atoms with Crippen LogP contribution < -0.4 is 10.2 Å². The van der Waals surface area contributed by atoms with Gasteiger partial charge < -0.3 is 15.3 Å². The summed E-state index contributed by atoms with van der Waals surface area (Å²) in [5, 5.41) is 12.6. The van der Waals surface area contributed by atoms with Gasteiger partial charge in [-0.25, -0.2) is 4.79 Å². The lowest BCUT2D eigenvalue weighted by molar-refractivity contribution is -0.148. The SMILES string of the molecule is O=C(NC1(C(=O)O)CCCC1)C1CC(=O)N(c2ccccc2Cl)C1. The predicted molar refractivity (Wildman–Crippen MR) is 88.9 cm³/mol. The molecule has 1 aromatic carbocycles. The number of amides is 2. The van der Waals surface area contributed by atoms with E-state index in [1.807, 2.05) is 0 Å². The summed E-state index contributed by atoms with van der Waals surface area (Å²) in [5.41, 5.74) is -0.605. The van der Waals surface area contributed by atoms with Gasteiger partial charge in [-0.3, -0.25) is 9.59 Å². The number of carboxylic acid groups (broad SMARTS) is 1. The highest BCUT2D eigenvalue weighted by molar-refractivity contribution is 6.33. The van der Waals surface area contributed by atoms with Gasteiger partial charge in [0.2, 0.25) is 11.8 Å². The zero-order chi connectivity index (χ0) is 17.3. The third-order valence-corrected chi connectivity index (χ3v) is 5.19. The number of nitrogens with one attached hydrogen (secondary N) is 1. The minimum absolute atomic E-state index is 0.0623. The molecule has 3 rings (SSSR count). The third kappa shape index (κ3) is 2.98. The summed E-state index contributed by atoms with van der Waals surface area (Å²) in [6, 6.07) is 6.97. The van der Waals surface area contributed by atoms with Crippen molar-refractivity contribution < 1.29 is 19.5 Å². The smallest absolute Gasteiger partial charge is 0.329 e. The molecule has 2 N–H and O–H groups in total. The summed E-state index contributed by atoms with van der Waals surface area (Å²) in [5.74, 6) is -2.12. The maximum atomic E-state index is 12.5. The molecule has 1 heterocycles. The maximum absolute atomic E-state index is 12.5. The Hall–Kier alpha value is -2.08. The van der Waals surface area contributed by atoms with Crippen LogP contribution in [0.5, 0.6) is 0 Å². The van der Waals surface area contributed by atoms with E-state index in [-0.39, 0.29) is 24.8 Å². The molecule has 1 unspecified atom stereocenters. The number of halogens is 1. The van der Waals surface area contributed by atoms with E-state index in [0.29, 0.717) is 23.6 Å². The molecule has 1 aromatic rings. The van der Waals surface area contributed by atoms with E-state index < -0.39 is 17.4 Å². The molecule has 1 saturated carbocycles. The summed E-state index contributed by atoms with van der Waals surface area (Å²) in [7, 11) is 0. The molecule has 1 atom stereocenters. The lowest BCUT2D eigenvalue weighted by Crippen LogP contribution is -2.54. The fraction of sp³-hybridized carbons (Fsp3) is 0.471. The molecular formula is C17H19ClN2O4. The zero-order valence-electron chi connectivity index (χ0n) is 13.1. The highest BCUT2D eigenvalue weighted by Gasteiger charge is 2.45. The Labute approximate surface area is 144 Å². The Morgan fingerprint density at radius 3 is 2.54 bits per heavy atom. The maximum Gasteiger partial charge on any atom is 0.329 e. The van der Waals surface area contributed by atoms with Crippen LogP contribution in [0.4, 0.5) is 5.69 Å². The Balaban J connectivity index is 1.73. The van der Waals surface area contributed by atoms with Crippen LogP contribution in [0, 0.1) is 5.92 Å². The molecule has 0 spiro atoms. The van der Waals surface area contributed by atoms with Crippen LogP contribution in [0.1, 0.15) is 32.1 Å². The van der Waals surface area contributed by atoms with Gasteiger partial charge in [-0.1, -0.05) is 36.6 Å². The number of nitrogens with zero attached hydrogens (tertiary/aromatic N) is 1. The number of carboxylic acids is 1. The number of carbonyl (C=O) groups is 3. The van der Waals surface area contributed by atoms with Crippen molar-refractivity contribution in [3.05, 3.63) is 29.3 Å². The second kappa shape index (κ2) is 6.43. The van der Waals surface area contributed by atoms with Crippen LogP contribution >= 0.6 is 11.6 Å². The first kappa shape index (κ1) is 16.8. The summed E-state index contributed by atoms with van der Waals surface area (Å²) in [4.78, 5) is 37.8. The average molecular weight is 351 g/mol. The molecule has 24 heavy (non-hydrogen) atoms. The molecular weight excluding hydrogens is 332 g/mol. The van der Waals surface area contributed by atoms with Crippen LogP contribution in [-0.2, 0) is 14.4 Å². The summed E-state index contributed by atoms with van der Waals surface area (Å²) >= 11 is 6.13. The second-order valence-corrected chi connectivity index (χ2v) is 6.85. The fourth-order valence-electron chi connectivity index (χ4n) is 3.50. The van der Waals surface area contributed by atoms with Gasteiger partial charge >= 0.3 is 5.97 Å². The number of hydrogen-bond donors (Lipinski definition) is 2. The van der Waals surface area contributed by atoms with E-state index in [1.165, 1.54) is 4.90 Å². The molecule has 0 aromatic heterocycles. The van der Waals surface area contributed by atoms with Crippen molar-refractivity contribution >= 4 is 35.1 Å². The molecule has 1 aliphatic carbocycles. The van der Waals surface area contributed by atoms with Crippen LogP contribution in [0.25, 0.3) is 0 Å². The normalized spacial score (nSPS) is 22.6. The molecule has 2 aliphatic rings. The monoisotopic (exact) mass is 350 g/mol. The molecule has 2 fully saturated rings. The molecule has 7 heteroatoms. The standard InChI is InChI=1S/C17H19ClN2O4/c18-12-5-1-2-6-13(12)20-10-11(9-14(20)21)15(22)19-17(16(23)24)7-3-4-8-17/h1-2,5-6,11H,3-4,7-10H2,(H,19,22)(H,23,24). The summed E-state index contributed by atoms with van der Waals surface area (Å²) in [6.45, 7) is 0.212. The molecule has 1 saturated heterocycles. The van der Waals surface area contributed by atoms with Crippen molar-refractivity contribution in [1.29, 1.82) is 0 Å². The second-order valence-electron chi connectivity index (χ2n) is 6.44. The first-order valence-corrected chi connectivity index (χ1v) is 8.41. The minimum Gasteiger partial charge on any atom is -0.480 e. The van der Waals surface area contributed by atoms with Crippen molar-refractivity contribution in [3.8, 4) is 0 Å². The number of carbonyl (C=O) groups excluding carboxylic acids is 2. The van der Waals surface area contributed by atoms with Gasteiger partial charge in [0.1, 0.15) is 5.54 Å². The largest absolute Gasteiger partial charge is 0.480 e. The molecule has 0 bridgehead atoms. The molecule has 0 radical (unpaired) electrons. The summed E-state index contributed by atoms with van der Waals surface area (Å²) in [6.07, 6.45) is 2.49. The Bertz CT molecular complexity index is 685. The van der Waals surface area contributed by atoms with Crippen molar-refractivity contribution in [2.24, 2.45) is 5.92 Å². The van der Waals surface area contributed by atoms with Crippen LogP contribution in [0.15, 0.2) is 24.3 Å². The van der Waals surface area contributed by atoms with E-state index in [1.54, 1.807) is 24.3 Å². The highest BCUT2D eigenvalue weighted by Crippen LogP contribution is 2.33. The number of para-hydroxylation sites is 1. The molecule has 1 aliphatic heterocycles. The number of benzene rings is 1. The molecule has 6 nitrogen and oxygen atoms in total. The number of anilines is 1. The van der Waals surface area contributed by atoms with Gasteiger partial charge in [-0.15, -0.1) is 0 Å². The number of hydrogen-bond acceptors (Lipinski definition) is 3. The van der Waals surface area contributed by atoms with Crippen molar-refractivity contribution in [2.45, 2.75) is 37.6 Å². The topological polar surface area (TPSA) is 86.7 Å². The van der Waals surface area contributed by atoms with Crippen molar-refractivity contribution in [3.63, 3.8) is 0 Å². The Morgan fingerprint density at radius 2 is 1.92 bits per heavy atom. The first-order chi connectivity index (χ1) is 11.4. The van der Waals surface area contributed by atoms with Gasteiger partial charge in [-0.05, 0) is 25.0 Å². The molecule has 128 valence electrons. The van der Waals surface area contributed by atoms with Crippen molar-refractivity contribution in [2.75, 3.05) is 11.4 Å². The zero-order valence-corrected chi connectivity index (χ0v) is 13.9. The fourth-order valence-corrected chi connectivity index (χ4v) is 3.73. The van der Waals surface area contributed by atoms with E-state index >= 15 is 0 Å². The van der Waals surface area contributed by atoms with E-state index in [9.17, 15) is 19.5 Å². The average Bonchev–Trinajstić information content (AvgIpc) is 3.16. The minimum atomic E-state index is -1.18. The lowest BCUT2D eigenvalue weighted by atomic mass is 9.96. The quantitative estimate of drug-likeness (QED) is 0.871. The van der Waals surface area contributed by atoms with Crippen molar-refractivity contribution in [1.82, 2.24) is 5.32 Å². The van der Waals surface area contributed by atoms with E-state index in [4.69, 9.17) is 11.6 Å². The van der Waals surface area contributed by atoms with E-state index in [2.05, 4.69) is 5.32 Å². The van der Waals surface area contributed by atoms with Crippen LogP contribution in [0.3, 0.4) is 0 Å². The number of rotatable bonds is 4. The first-order valence-electron chi connectivity index (χ1n) is 8.03. The summed E-state index contributed by atoms with van der Waals surface area (Å²) < 4.78 is 0. The van der Waals surface area contributed by atoms with Crippen LogP contribution in [-0.4, -0.2) is 35.0 Å². The Morgan fingerprint density at radius 1 is 1.25 bits per heavy atom. The third-order valence-electron chi connectivity index (χ3n) is 4.87. The number of aliphatic carboxylic acids is 1. The van der Waals surface area contributed by atoms with Gasteiger partial charge in [-0.2, -0.15) is 0 Å². The van der Waals surface area contributed by atoms with Gasteiger partial charge in [0.25, 0.3) is 0 Å². The molecule has 2 amide bonds. The van der Waals surface area contributed by atoms with Gasteiger partial charge in [0.05, 0.1) is 16.6 Å². The van der Waals surface area contributed by atoms with Gasteiger partial charge in [0.15, 0.2) is 0 Å². The lowest BCUT2D eigenvalue weighted by Gasteiger charge is -2.27. The van der Waals surface area contributed by atoms with Crippen LogP contribution in [0.2, 0.25) is 5.02 Å². The van der Waals surface area contributed by atoms with E-state index in [0.717, 1.165) is 12.8 Å². The van der Waals surface area contributed by atoms with Gasteiger partial charge in [0, 0.05) is 13.0 Å². The highest BCUT2D eigenvalue weighted by atomic mass is 35.5.